The van der Waals surface area contributed by atoms with Gasteiger partial charge in [-0.1, -0.05) is 30.3 Å². The van der Waals surface area contributed by atoms with Gasteiger partial charge in [0.15, 0.2) is 6.04 Å². The third kappa shape index (κ3) is 5.83. The fourth-order valence-electron chi connectivity index (χ4n) is 1.69. The summed E-state index contributed by atoms with van der Waals surface area (Å²) in [5, 5.41) is 11.8. The zero-order valence-corrected chi connectivity index (χ0v) is 12.6. The van der Waals surface area contributed by atoms with Gasteiger partial charge in [0.2, 0.25) is 0 Å². The number of benzene rings is 1. The highest BCUT2D eigenvalue weighted by atomic mass is 16.5. The summed E-state index contributed by atoms with van der Waals surface area (Å²) in [6.45, 7) is 4.63. The van der Waals surface area contributed by atoms with Crippen LogP contribution in [0.3, 0.4) is 0 Å². The van der Waals surface area contributed by atoms with E-state index in [0.717, 1.165) is 0 Å². The number of carboxylic acids is 1. The Morgan fingerprint density at radius 3 is 2.43 bits per heavy atom. The molecular formula is C15H22N2O4. The van der Waals surface area contributed by atoms with Crippen LogP contribution in [0.15, 0.2) is 30.3 Å². The molecule has 0 saturated carbocycles. The highest BCUT2D eigenvalue weighted by Gasteiger charge is 2.23. The molecule has 0 aliphatic heterocycles. The predicted octanol–water partition coefficient (Wildman–Crippen LogP) is 1.88. The summed E-state index contributed by atoms with van der Waals surface area (Å²) in [5.74, 6) is -1.10. The van der Waals surface area contributed by atoms with Gasteiger partial charge in [-0.15, -0.1) is 0 Å². The highest BCUT2D eigenvalue weighted by molar-refractivity contribution is 5.83. The molecular weight excluding hydrogens is 272 g/mol. The number of nitrogens with one attached hydrogen (secondary N) is 1. The summed E-state index contributed by atoms with van der Waals surface area (Å²) in [6.07, 6.45) is 0.0950. The van der Waals surface area contributed by atoms with E-state index in [9.17, 15) is 14.7 Å². The Kier molecular flexibility index (Phi) is 6.68. The molecule has 0 aliphatic rings. The van der Waals surface area contributed by atoms with Crippen molar-refractivity contribution in [1.29, 1.82) is 0 Å². The van der Waals surface area contributed by atoms with Crippen LogP contribution in [-0.4, -0.2) is 48.3 Å². The van der Waals surface area contributed by atoms with Gasteiger partial charge in [0.1, 0.15) is 0 Å². The lowest BCUT2D eigenvalue weighted by Crippen LogP contribution is -2.43. The van der Waals surface area contributed by atoms with Crippen molar-refractivity contribution < 1.29 is 19.4 Å². The van der Waals surface area contributed by atoms with Gasteiger partial charge >= 0.3 is 12.0 Å². The molecule has 2 N–H and O–H groups in total. The number of likely N-dealkylation sites (N-methyl/N-ethyl adjacent to an activating group) is 1. The Morgan fingerprint density at radius 1 is 1.29 bits per heavy atom. The van der Waals surface area contributed by atoms with E-state index in [2.05, 4.69) is 5.32 Å². The van der Waals surface area contributed by atoms with Gasteiger partial charge in [-0.3, -0.25) is 0 Å². The Bertz CT molecular complexity index is 462. The van der Waals surface area contributed by atoms with E-state index in [1.165, 1.54) is 4.90 Å². The smallest absolute Gasteiger partial charge is 0.330 e. The number of amides is 2. The summed E-state index contributed by atoms with van der Waals surface area (Å²) in [4.78, 5) is 24.7. The lowest BCUT2D eigenvalue weighted by Gasteiger charge is -2.22. The van der Waals surface area contributed by atoms with E-state index < -0.39 is 18.0 Å². The van der Waals surface area contributed by atoms with Crippen LogP contribution < -0.4 is 5.32 Å². The van der Waals surface area contributed by atoms with Crippen LogP contribution in [0.1, 0.15) is 25.5 Å². The van der Waals surface area contributed by atoms with Crippen LogP contribution in [-0.2, 0) is 9.53 Å². The topological polar surface area (TPSA) is 78.9 Å². The Labute approximate surface area is 124 Å². The number of urea groups is 1. The van der Waals surface area contributed by atoms with E-state index in [1.54, 1.807) is 37.4 Å². The van der Waals surface area contributed by atoms with Gasteiger partial charge in [-0.05, 0) is 19.4 Å². The maximum atomic E-state index is 12.0. The molecule has 0 bridgehead atoms. The van der Waals surface area contributed by atoms with Crippen molar-refractivity contribution in [3.8, 4) is 0 Å². The lowest BCUT2D eigenvalue weighted by atomic mass is 10.1. The molecule has 116 valence electrons. The van der Waals surface area contributed by atoms with E-state index in [-0.39, 0.29) is 6.10 Å². The standard InChI is InChI=1S/C15H22N2O4/c1-11(2)21-10-9-17(3)15(20)16-13(14(18)19)12-7-5-4-6-8-12/h4-8,11,13H,9-10H2,1-3H3,(H,16,20)(H,18,19). The van der Waals surface area contributed by atoms with Crippen LogP contribution in [0.25, 0.3) is 0 Å². The summed E-state index contributed by atoms with van der Waals surface area (Å²) in [7, 11) is 1.60. The van der Waals surface area contributed by atoms with E-state index in [4.69, 9.17) is 4.74 Å². The normalized spacial score (nSPS) is 12.0. The molecule has 0 saturated heterocycles. The molecule has 0 aliphatic carbocycles. The fourth-order valence-corrected chi connectivity index (χ4v) is 1.69. The number of hydrogen-bond acceptors (Lipinski definition) is 3. The molecule has 6 nitrogen and oxygen atoms in total. The second-order valence-corrected chi connectivity index (χ2v) is 4.97. The Hall–Kier alpha value is -2.08. The lowest BCUT2D eigenvalue weighted by molar-refractivity contribution is -0.139. The first kappa shape index (κ1) is 17.0. The molecule has 1 aromatic rings. The summed E-state index contributed by atoms with van der Waals surface area (Å²) < 4.78 is 5.36. The predicted molar refractivity (Wildman–Crippen MR) is 79.1 cm³/mol. The minimum Gasteiger partial charge on any atom is -0.479 e. The fraction of sp³-hybridized carbons (Fsp3) is 0.467. The molecule has 1 rings (SSSR count). The molecule has 0 spiro atoms. The maximum Gasteiger partial charge on any atom is 0.330 e. The first-order valence-corrected chi connectivity index (χ1v) is 6.82. The molecule has 21 heavy (non-hydrogen) atoms. The summed E-state index contributed by atoms with van der Waals surface area (Å²) in [6, 6.07) is 7.09. The number of carbonyl (C=O) groups excluding carboxylic acids is 1. The van der Waals surface area contributed by atoms with Gasteiger partial charge in [0.25, 0.3) is 0 Å². The first-order chi connectivity index (χ1) is 9.91. The third-order valence-electron chi connectivity index (χ3n) is 2.87. The number of nitrogens with zero attached hydrogens (tertiary/aromatic N) is 1. The van der Waals surface area contributed by atoms with Crippen molar-refractivity contribution in [2.75, 3.05) is 20.2 Å². The molecule has 1 aromatic carbocycles. The second-order valence-electron chi connectivity index (χ2n) is 4.97. The summed E-state index contributed by atoms with van der Waals surface area (Å²) in [5.41, 5.74) is 0.533. The van der Waals surface area contributed by atoms with Crippen LogP contribution in [0.2, 0.25) is 0 Å². The number of ether oxygens (including phenoxy) is 1. The number of hydrogen-bond donors (Lipinski definition) is 2. The van der Waals surface area contributed by atoms with Crippen molar-refractivity contribution in [1.82, 2.24) is 10.2 Å². The van der Waals surface area contributed by atoms with Crippen LogP contribution in [0.4, 0.5) is 4.79 Å². The number of carbonyl (C=O) groups is 2. The van der Waals surface area contributed by atoms with Crippen molar-refractivity contribution in [3.05, 3.63) is 35.9 Å². The minimum absolute atomic E-state index is 0.0950. The van der Waals surface area contributed by atoms with E-state index in [0.29, 0.717) is 18.7 Å². The van der Waals surface area contributed by atoms with Crippen LogP contribution in [0.5, 0.6) is 0 Å². The number of rotatable bonds is 7. The van der Waals surface area contributed by atoms with Crippen LogP contribution >= 0.6 is 0 Å². The van der Waals surface area contributed by atoms with Crippen LogP contribution in [0, 0.1) is 0 Å². The molecule has 0 fully saturated rings. The molecule has 0 heterocycles. The van der Waals surface area contributed by atoms with Gasteiger partial charge in [0, 0.05) is 13.6 Å². The molecule has 0 aromatic heterocycles. The van der Waals surface area contributed by atoms with Gasteiger partial charge in [-0.25, -0.2) is 9.59 Å². The van der Waals surface area contributed by atoms with Gasteiger partial charge < -0.3 is 20.1 Å². The van der Waals surface area contributed by atoms with Gasteiger partial charge in [0.05, 0.1) is 12.7 Å². The van der Waals surface area contributed by atoms with E-state index >= 15 is 0 Å². The highest BCUT2D eigenvalue weighted by Crippen LogP contribution is 2.12. The quantitative estimate of drug-likeness (QED) is 0.804. The van der Waals surface area contributed by atoms with Crippen molar-refractivity contribution in [3.63, 3.8) is 0 Å². The monoisotopic (exact) mass is 294 g/mol. The molecule has 2 amide bonds. The zero-order valence-electron chi connectivity index (χ0n) is 12.6. The van der Waals surface area contributed by atoms with Gasteiger partial charge in [-0.2, -0.15) is 0 Å². The molecule has 1 atom stereocenters. The minimum atomic E-state index is -1.10. The molecule has 6 heteroatoms. The largest absolute Gasteiger partial charge is 0.479 e. The van der Waals surface area contributed by atoms with E-state index in [1.807, 2.05) is 13.8 Å². The Balaban J connectivity index is 2.59. The third-order valence-corrected chi connectivity index (χ3v) is 2.87. The zero-order chi connectivity index (χ0) is 15.8. The average molecular weight is 294 g/mol. The maximum absolute atomic E-state index is 12.0. The SMILES string of the molecule is CC(C)OCCN(C)C(=O)NC(C(=O)O)c1ccccc1. The van der Waals surface area contributed by atoms with Crippen molar-refractivity contribution >= 4 is 12.0 Å². The number of aliphatic carboxylic acids is 1. The Morgan fingerprint density at radius 2 is 1.90 bits per heavy atom. The first-order valence-electron chi connectivity index (χ1n) is 6.82. The second kappa shape index (κ2) is 8.26. The van der Waals surface area contributed by atoms with Crippen molar-refractivity contribution in [2.24, 2.45) is 0 Å². The molecule has 0 radical (unpaired) electrons. The average Bonchev–Trinajstić information content (AvgIpc) is 2.44. The number of carboxylic acid groups (broad SMARTS) is 1. The van der Waals surface area contributed by atoms with Crippen molar-refractivity contribution in [2.45, 2.75) is 26.0 Å². The summed E-state index contributed by atoms with van der Waals surface area (Å²) >= 11 is 0. The molecule has 1 unspecified atom stereocenters.